The third kappa shape index (κ3) is 5.96. The fourth-order valence-corrected chi connectivity index (χ4v) is 2.17. The summed E-state index contributed by atoms with van der Waals surface area (Å²) in [5.74, 6) is 0.314. The maximum atomic E-state index is 11.1. The summed E-state index contributed by atoms with van der Waals surface area (Å²) in [5, 5.41) is 2.05. The molecule has 0 aliphatic carbocycles. The van der Waals surface area contributed by atoms with Crippen molar-refractivity contribution < 1.29 is 9.53 Å². The summed E-state index contributed by atoms with van der Waals surface area (Å²) in [5.41, 5.74) is 0.0472. The zero-order valence-electron chi connectivity index (χ0n) is 10.9. The molecule has 0 fully saturated rings. The van der Waals surface area contributed by atoms with E-state index < -0.39 is 0 Å². The Labute approximate surface area is 130 Å². The van der Waals surface area contributed by atoms with Crippen LogP contribution in [0.25, 0.3) is 0 Å². The molecule has 2 nitrogen and oxygen atoms in total. The number of ether oxygens (including phenoxy) is 1. The molecular formula is C12H16Cl2LiO2P. The van der Waals surface area contributed by atoms with E-state index in [1.165, 1.54) is 25.0 Å². The summed E-state index contributed by atoms with van der Waals surface area (Å²) in [6.45, 7) is 2.21. The number of unbranched alkanes of at least 4 members (excludes halogenated alkanes) is 1. The first-order valence-corrected chi connectivity index (χ1v) is 7.14. The molecule has 0 N–H and O–H groups in total. The van der Waals surface area contributed by atoms with E-state index in [0.717, 1.165) is 0 Å². The summed E-state index contributed by atoms with van der Waals surface area (Å²) < 4.78 is 4.97. The van der Waals surface area contributed by atoms with Crippen molar-refractivity contribution in [1.29, 1.82) is 0 Å². The number of rotatable bonds is 4. The number of halogens is 2. The first kappa shape index (κ1) is 18.3. The van der Waals surface area contributed by atoms with Gasteiger partial charge in [-0.25, -0.2) is 0 Å². The molecule has 6 heteroatoms. The van der Waals surface area contributed by atoms with Crippen molar-refractivity contribution in [1.82, 2.24) is 0 Å². The second kappa shape index (κ2) is 10.1. The second-order valence-corrected chi connectivity index (χ2v) is 4.99. The van der Waals surface area contributed by atoms with E-state index >= 15 is 0 Å². The molecule has 1 aromatic carbocycles. The van der Waals surface area contributed by atoms with Crippen molar-refractivity contribution in [2.45, 2.75) is 24.9 Å². The molecule has 96 valence electrons. The molecule has 0 aromatic heterocycles. The Morgan fingerprint density at radius 2 is 1.94 bits per heavy atom. The standard InChI is InChI=1S/C8H7Cl2O2P.C4H9.Li/c1-12-7-5(10)3-2-4(9)6(7)8(11)13;1-3-4-2;/h2-3H,13H2,1H3;1,3-4H2,2H3;. The van der Waals surface area contributed by atoms with Crippen LogP contribution >= 0.6 is 32.4 Å². The monoisotopic (exact) mass is 300 g/mol. The fraction of sp³-hybridized carbons (Fsp3) is 0.417. The van der Waals surface area contributed by atoms with Gasteiger partial charge in [0.25, 0.3) is 0 Å². The maximum absolute atomic E-state index is 11.1. The molecule has 0 amide bonds. The molecule has 0 saturated carbocycles. The molecular weight excluding hydrogens is 285 g/mol. The van der Waals surface area contributed by atoms with E-state index in [-0.39, 0.29) is 5.52 Å². The minimum atomic E-state index is -0.246. The third-order valence-electron chi connectivity index (χ3n) is 2.22. The molecule has 0 heterocycles. The zero-order valence-corrected chi connectivity index (χ0v) is 13.6. The van der Waals surface area contributed by atoms with Gasteiger partial charge in [0.2, 0.25) is 0 Å². The van der Waals surface area contributed by atoms with Gasteiger partial charge < -0.3 is 4.74 Å². The Balaban J connectivity index is 0.000000494. The zero-order chi connectivity index (χ0) is 14.1. The van der Waals surface area contributed by atoms with Crippen LogP contribution in [0.1, 0.15) is 30.1 Å². The van der Waals surface area contributed by atoms with Crippen LogP contribution in [0, 0.1) is 0 Å². The molecule has 1 rings (SSSR count). The molecule has 1 atom stereocenters. The second-order valence-electron chi connectivity index (χ2n) is 3.66. The van der Waals surface area contributed by atoms with E-state index in [9.17, 15) is 4.79 Å². The van der Waals surface area contributed by atoms with Gasteiger partial charge in [-0.05, 0) is 12.1 Å². The summed E-state index contributed by atoms with van der Waals surface area (Å²) in [6.07, 6.45) is 2.73. The number of methoxy groups -OCH3 is 1. The Kier molecular flexibility index (Phi) is 10.3. The molecule has 0 bridgehead atoms. The molecule has 0 aliphatic rings. The number of carbonyl (C=O) groups is 1. The van der Waals surface area contributed by atoms with Crippen LogP contribution in [0.4, 0.5) is 0 Å². The van der Waals surface area contributed by atoms with Crippen LogP contribution < -0.4 is 4.74 Å². The van der Waals surface area contributed by atoms with Crippen molar-refractivity contribution in [3.05, 3.63) is 27.7 Å². The van der Waals surface area contributed by atoms with Gasteiger partial charge in [-0.1, -0.05) is 32.4 Å². The predicted molar refractivity (Wildman–Crippen MR) is 82.5 cm³/mol. The van der Waals surface area contributed by atoms with Crippen LogP contribution in [0.5, 0.6) is 5.75 Å². The summed E-state index contributed by atoms with van der Waals surface area (Å²) in [7, 11) is 3.47. The van der Waals surface area contributed by atoms with Crippen LogP contribution in [0.3, 0.4) is 0 Å². The van der Waals surface area contributed by atoms with Gasteiger partial charge in [-0.2, -0.15) is 0 Å². The minimum absolute atomic E-state index is 0.246. The predicted octanol–water partition coefficient (Wildman–Crippen LogP) is 4.39. The normalized spacial score (nSPS) is 9.50. The van der Waals surface area contributed by atoms with Crippen molar-refractivity contribution >= 4 is 55.7 Å². The van der Waals surface area contributed by atoms with Crippen molar-refractivity contribution in [3.8, 4) is 5.75 Å². The van der Waals surface area contributed by atoms with Crippen molar-refractivity contribution in [2.75, 3.05) is 7.11 Å². The average molecular weight is 301 g/mol. The molecule has 0 radical (unpaired) electrons. The van der Waals surface area contributed by atoms with E-state index in [4.69, 9.17) is 27.9 Å². The molecule has 1 unspecified atom stereocenters. The number of hydrogen-bond acceptors (Lipinski definition) is 2. The summed E-state index contributed by atoms with van der Waals surface area (Å²) in [4.78, 5) is 11.1. The Morgan fingerprint density at radius 1 is 1.39 bits per heavy atom. The molecule has 18 heavy (non-hydrogen) atoms. The van der Waals surface area contributed by atoms with Gasteiger partial charge in [-0.3, -0.25) is 4.79 Å². The van der Waals surface area contributed by atoms with E-state index in [1.54, 1.807) is 12.1 Å². The van der Waals surface area contributed by atoms with Crippen LogP contribution in [0.15, 0.2) is 12.1 Å². The number of benzene rings is 1. The SMILES string of the molecule is COc1c(Cl)ccc(Cl)c1C(=O)P.[Li][CH2]CCC. The van der Waals surface area contributed by atoms with Gasteiger partial charge >= 0.3 is 42.6 Å². The van der Waals surface area contributed by atoms with E-state index in [2.05, 4.69) is 24.6 Å². The average Bonchev–Trinajstić information content (AvgIpc) is 2.33. The Morgan fingerprint density at radius 3 is 2.22 bits per heavy atom. The van der Waals surface area contributed by atoms with Gasteiger partial charge in [-0.15, -0.1) is 0 Å². The summed E-state index contributed by atoms with van der Waals surface area (Å²) in [6, 6.07) is 3.14. The Hall–Kier alpha value is 0.297. The van der Waals surface area contributed by atoms with E-state index in [0.29, 0.717) is 21.4 Å². The van der Waals surface area contributed by atoms with Gasteiger partial charge in [0.1, 0.15) is 5.75 Å². The molecule has 0 spiro atoms. The van der Waals surface area contributed by atoms with Crippen LogP contribution in [-0.2, 0) is 0 Å². The van der Waals surface area contributed by atoms with Crippen LogP contribution in [-0.4, -0.2) is 30.3 Å². The third-order valence-corrected chi connectivity index (χ3v) is 3.12. The van der Waals surface area contributed by atoms with Crippen LogP contribution in [0.2, 0.25) is 15.1 Å². The van der Waals surface area contributed by atoms with Gasteiger partial charge in [0.15, 0.2) is 5.52 Å². The topological polar surface area (TPSA) is 26.3 Å². The number of hydrogen-bond donors (Lipinski definition) is 0. The summed E-state index contributed by atoms with van der Waals surface area (Å²) >= 11 is 13.8. The first-order chi connectivity index (χ1) is 8.49. The fourth-order valence-electron chi connectivity index (χ4n) is 1.32. The molecule has 1 aromatic rings. The van der Waals surface area contributed by atoms with Crippen molar-refractivity contribution in [3.63, 3.8) is 0 Å². The molecule has 0 saturated heterocycles. The van der Waals surface area contributed by atoms with Gasteiger partial charge in [0.05, 0.1) is 22.7 Å². The number of carbonyl (C=O) groups excluding carboxylic acids is 1. The van der Waals surface area contributed by atoms with E-state index in [1.807, 2.05) is 9.24 Å². The quantitative estimate of drug-likeness (QED) is 0.609. The van der Waals surface area contributed by atoms with Crippen molar-refractivity contribution in [2.24, 2.45) is 0 Å². The Bertz CT molecular complexity index is 398. The first-order valence-electron chi connectivity index (χ1n) is 5.81. The molecule has 0 aliphatic heterocycles. The van der Waals surface area contributed by atoms with Gasteiger partial charge in [0, 0.05) is 0 Å².